The fourth-order valence-corrected chi connectivity index (χ4v) is 9.02. The summed E-state index contributed by atoms with van der Waals surface area (Å²) in [5.41, 5.74) is 2.35. The Kier molecular flexibility index (Phi) is 7.44. The van der Waals surface area contributed by atoms with Gasteiger partial charge in [0.1, 0.15) is 4.90 Å². The number of rotatable bonds is 6. The predicted molar refractivity (Wildman–Crippen MR) is 143 cm³/mol. The molecular formula is C24H25Cl2N3O2S3. The molecule has 5 rings (SSSR count). The first kappa shape index (κ1) is 24.4. The van der Waals surface area contributed by atoms with Crippen LogP contribution in [0.15, 0.2) is 52.3 Å². The number of benzene rings is 2. The van der Waals surface area contributed by atoms with Gasteiger partial charge >= 0.3 is 0 Å². The first-order valence-electron chi connectivity index (χ1n) is 11.3. The van der Waals surface area contributed by atoms with Gasteiger partial charge in [-0.05, 0) is 56.2 Å². The lowest BCUT2D eigenvalue weighted by atomic mass is 9.86. The number of thiazole rings is 1. The van der Waals surface area contributed by atoms with Crippen LogP contribution < -0.4 is 10.0 Å². The highest BCUT2D eigenvalue weighted by atomic mass is 35.5. The van der Waals surface area contributed by atoms with Gasteiger partial charge in [-0.1, -0.05) is 47.5 Å². The van der Waals surface area contributed by atoms with Crippen LogP contribution in [0.5, 0.6) is 0 Å². The Morgan fingerprint density at radius 3 is 2.50 bits per heavy atom. The summed E-state index contributed by atoms with van der Waals surface area (Å²) in [7, 11) is -3.75. The molecule has 1 fully saturated rings. The average molecular weight is 555 g/mol. The summed E-state index contributed by atoms with van der Waals surface area (Å²) in [6, 6.07) is 13.6. The van der Waals surface area contributed by atoms with Crippen LogP contribution in [0.2, 0.25) is 10.0 Å². The highest BCUT2D eigenvalue weighted by molar-refractivity contribution is 7.99. The summed E-state index contributed by atoms with van der Waals surface area (Å²) >= 11 is 15.8. The number of nitrogens with zero attached hydrogens (tertiary/aromatic N) is 1. The molecule has 2 heterocycles. The van der Waals surface area contributed by atoms with Gasteiger partial charge in [0.2, 0.25) is 10.0 Å². The largest absolute Gasteiger partial charge is 0.359 e. The van der Waals surface area contributed by atoms with Crippen molar-refractivity contribution in [3.63, 3.8) is 0 Å². The molecule has 3 aromatic rings. The van der Waals surface area contributed by atoms with Crippen LogP contribution in [0.4, 0.5) is 5.13 Å². The van der Waals surface area contributed by atoms with E-state index in [-0.39, 0.29) is 20.9 Å². The Morgan fingerprint density at radius 1 is 1.00 bits per heavy atom. The van der Waals surface area contributed by atoms with E-state index < -0.39 is 10.0 Å². The SMILES string of the molecule is O=S(=O)(NC[C@H]1CC[C@H](Nc2nc3c(s2)CCSc2ccccc2-3)CC1)c1c(Cl)cccc1Cl. The molecule has 10 heteroatoms. The molecule has 1 saturated carbocycles. The van der Waals surface area contributed by atoms with Crippen LogP contribution in [-0.4, -0.2) is 31.7 Å². The average Bonchev–Trinajstić information content (AvgIpc) is 3.13. The predicted octanol–water partition coefficient (Wildman–Crippen LogP) is 6.71. The summed E-state index contributed by atoms with van der Waals surface area (Å²) < 4.78 is 28.2. The van der Waals surface area contributed by atoms with Crippen LogP contribution in [0.1, 0.15) is 30.6 Å². The topological polar surface area (TPSA) is 71.1 Å². The maximum atomic E-state index is 12.7. The summed E-state index contributed by atoms with van der Waals surface area (Å²) in [5, 5.41) is 4.91. The second kappa shape index (κ2) is 10.4. The first-order valence-corrected chi connectivity index (χ1v) is 15.4. The van der Waals surface area contributed by atoms with Gasteiger partial charge in [0.25, 0.3) is 0 Å². The molecule has 0 amide bonds. The van der Waals surface area contributed by atoms with Crippen LogP contribution >= 0.6 is 46.3 Å². The fourth-order valence-electron chi connectivity index (χ4n) is 4.56. The van der Waals surface area contributed by atoms with Crippen LogP contribution in [0, 0.1) is 5.92 Å². The van der Waals surface area contributed by atoms with Gasteiger partial charge < -0.3 is 5.32 Å². The summed E-state index contributed by atoms with van der Waals surface area (Å²) in [6.45, 7) is 0.386. The zero-order valence-electron chi connectivity index (χ0n) is 18.4. The van der Waals surface area contributed by atoms with Crippen molar-refractivity contribution in [2.24, 2.45) is 5.92 Å². The molecule has 0 spiro atoms. The number of anilines is 1. The highest BCUT2D eigenvalue weighted by Crippen LogP contribution is 2.41. The second-order valence-electron chi connectivity index (χ2n) is 8.65. The molecule has 0 bridgehead atoms. The first-order chi connectivity index (χ1) is 16.4. The van der Waals surface area contributed by atoms with E-state index in [4.69, 9.17) is 28.2 Å². The van der Waals surface area contributed by atoms with E-state index in [1.807, 2.05) is 11.8 Å². The number of hydrogen-bond acceptors (Lipinski definition) is 6. The van der Waals surface area contributed by atoms with Gasteiger partial charge in [-0.2, -0.15) is 0 Å². The standard InChI is InChI=1S/C24H25Cl2N3O2S3/c25-18-5-3-6-19(26)23(18)34(30,31)27-14-15-8-10-16(11-9-15)28-24-29-22-17-4-1-2-7-20(17)32-13-12-21(22)33-24/h1-7,15-16,27H,8-14H2,(H,28,29)/t15-,16-. The lowest BCUT2D eigenvalue weighted by Crippen LogP contribution is -2.34. The van der Waals surface area contributed by atoms with Gasteiger partial charge in [-0.25, -0.2) is 18.1 Å². The zero-order chi connectivity index (χ0) is 23.7. The molecule has 0 radical (unpaired) electrons. The number of halogens is 2. The molecular weight excluding hydrogens is 529 g/mol. The Hall–Kier alpha value is -1.29. The van der Waals surface area contributed by atoms with E-state index in [1.165, 1.54) is 27.5 Å². The Labute approximate surface area is 218 Å². The van der Waals surface area contributed by atoms with Crippen molar-refractivity contribution in [3.8, 4) is 11.3 Å². The molecule has 5 nitrogen and oxygen atoms in total. The molecule has 2 N–H and O–H groups in total. The Morgan fingerprint density at radius 2 is 1.74 bits per heavy atom. The van der Waals surface area contributed by atoms with E-state index in [1.54, 1.807) is 17.4 Å². The molecule has 1 aromatic heterocycles. The molecule has 0 atom stereocenters. The Balaban J connectivity index is 1.17. The lowest BCUT2D eigenvalue weighted by Gasteiger charge is -2.29. The highest BCUT2D eigenvalue weighted by Gasteiger charge is 2.27. The number of aromatic nitrogens is 1. The van der Waals surface area contributed by atoms with Crippen LogP contribution in [0.3, 0.4) is 0 Å². The van der Waals surface area contributed by atoms with Gasteiger partial charge in [0.15, 0.2) is 5.13 Å². The third-order valence-corrected chi connectivity index (χ3v) is 10.8. The monoisotopic (exact) mass is 553 g/mol. The van der Waals surface area contributed by atoms with E-state index in [0.717, 1.165) is 48.7 Å². The van der Waals surface area contributed by atoms with Crippen molar-refractivity contribution in [2.75, 3.05) is 17.6 Å². The zero-order valence-corrected chi connectivity index (χ0v) is 22.4. The molecule has 180 valence electrons. The van der Waals surface area contributed by atoms with E-state index in [0.29, 0.717) is 12.6 Å². The Bertz CT molecular complexity index is 1270. The van der Waals surface area contributed by atoms with Crippen molar-refractivity contribution in [1.29, 1.82) is 0 Å². The second-order valence-corrected chi connectivity index (χ2v) is 13.4. The third-order valence-electron chi connectivity index (χ3n) is 6.35. The molecule has 1 aliphatic carbocycles. The van der Waals surface area contributed by atoms with Crippen molar-refractivity contribution >= 4 is 61.5 Å². The van der Waals surface area contributed by atoms with Crippen molar-refractivity contribution in [2.45, 2.75) is 47.9 Å². The maximum Gasteiger partial charge on any atom is 0.243 e. The number of aryl methyl sites for hydroxylation is 1. The van der Waals surface area contributed by atoms with E-state index in [9.17, 15) is 8.42 Å². The number of thioether (sulfide) groups is 1. The van der Waals surface area contributed by atoms with Gasteiger partial charge in [-0.3, -0.25) is 0 Å². The van der Waals surface area contributed by atoms with Crippen molar-refractivity contribution in [1.82, 2.24) is 9.71 Å². The van der Waals surface area contributed by atoms with Gasteiger partial charge in [-0.15, -0.1) is 23.1 Å². The minimum absolute atomic E-state index is 0.0443. The van der Waals surface area contributed by atoms with E-state index in [2.05, 4.69) is 34.3 Å². The molecule has 0 unspecified atom stereocenters. The van der Waals surface area contributed by atoms with Gasteiger partial charge in [0.05, 0.1) is 15.7 Å². The number of fused-ring (bicyclic) bond motifs is 3. The number of hydrogen-bond donors (Lipinski definition) is 2. The molecule has 1 aliphatic heterocycles. The van der Waals surface area contributed by atoms with Crippen molar-refractivity contribution in [3.05, 3.63) is 57.4 Å². The van der Waals surface area contributed by atoms with Crippen molar-refractivity contribution < 1.29 is 8.42 Å². The maximum absolute atomic E-state index is 12.7. The van der Waals surface area contributed by atoms with E-state index >= 15 is 0 Å². The molecule has 34 heavy (non-hydrogen) atoms. The third kappa shape index (κ3) is 5.27. The van der Waals surface area contributed by atoms with Crippen LogP contribution in [0.25, 0.3) is 11.3 Å². The summed E-state index contributed by atoms with van der Waals surface area (Å²) in [4.78, 5) is 7.57. The smallest absolute Gasteiger partial charge is 0.243 e. The molecule has 2 aliphatic rings. The number of nitrogens with one attached hydrogen (secondary N) is 2. The number of sulfonamides is 1. The minimum Gasteiger partial charge on any atom is -0.359 e. The fraction of sp³-hybridized carbons (Fsp3) is 0.375. The summed E-state index contributed by atoms with van der Waals surface area (Å²) in [5.74, 6) is 1.36. The normalized spacial score (nSPS) is 20.3. The lowest BCUT2D eigenvalue weighted by molar-refractivity contribution is 0.337. The van der Waals surface area contributed by atoms with Gasteiger partial charge in [0, 0.05) is 33.7 Å². The van der Waals surface area contributed by atoms with Crippen LogP contribution in [-0.2, 0) is 16.4 Å². The molecule has 0 saturated heterocycles. The minimum atomic E-state index is -3.75. The quantitative estimate of drug-likeness (QED) is 0.354. The molecule has 2 aromatic carbocycles. The summed E-state index contributed by atoms with van der Waals surface area (Å²) in [6.07, 6.45) is 4.89.